The van der Waals surface area contributed by atoms with E-state index < -0.39 is 0 Å². The second-order valence-corrected chi connectivity index (χ2v) is 11.8. The lowest BCUT2D eigenvalue weighted by Crippen LogP contribution is -1.97. The summed E-state index contributed by atoms with van der Waals surface area (Å²) in [6.07, 6.45) is 8.49. The SMILES string of the molecule is C1=C(c2c3ccccc3c(C3=Cc4ccccc4C3)c3cc(-c4cccc(-c5ccccn5)n4)ccc23)Cc2ccccc21. The third-order valence-corrected chi connectivity index (χ3v) is 9.17. The number of nitrogens with zero attached hydrogens (tertiary/aromatic N) is 2. The molecular weight excluding hydrogens is 532 g/mol. The van der Waals surface area contributed by atoms with Crippen molar-refractivity contribution in [2.75, 3.05) is 0 Å². The second kappa shape index (κ2) is 10.00. The molecule has 7 aromatic rings. The maximum atomic E-state index is 5.08. The normalized spacial score (nSPS) is 13.5. The Bertz CT molecular complexity index is 2330. The van der Waals surface area contributed by atoms with Crippen molar-refractivity contribution in [1.82, 2.24) is 9.97 Å². The van der Waals surface area contributed by atoms with Crippen molar-refractivity contribution >= 4 is 44.8 Å². The van der Waals surface area contributed by atoms with Gasteiger partial charge in [0.1, 0.15) is 0 Å². The van der Waals surface area contributed by atoms with E-state index in [0.29, 0.717) is 0 Å². The molecule has 2 nitrogen and oxygen atoms in total. The van der Waals surface area contributed by atoms with E-state index in [9.17, 15) is 0 Å². The van der Waals surface area contributed by atoms with E-state index in [1.54, 1.807) is 0 Å². The van der Waals surface area contributed by atoms with Gasteiger partial charge in [0.2, 0.25) is 0 Å². The molecule has 44 heavy (non-hydrogen) atoms. The van der Waals surface area contributed by atoms with Crippen LogP contribution in [0.2, 0.25) is 0 Å². The fourth-order valence-corrected chi connectivity index (χ4v) is 7.16. The van der Waals surface area contributed by atoms with Gasteiger partial charge in [-0.15, -0.1) is 0 Å². The molecule has 0 fully saturated rings. The number of fused-ring (bicyclic) bond motifs is 4. The van der Waals surface area contributed by atoms with Crippen LogP contribution in [-0.2, 0) is 12.8 Å². The first kappa shape index (κ1) is 24.9. The van der Waals surface area contributed by atoms with E-state index in [4.69, 9.17) is 4.98 Å². The van der Waals surface area contributed by atoms with Crippen LogP contribution in [-0.4, -0.2) is 9.97 Å². The van der Waals surface area contributed by atoms with E-state index in [1.807, 2.05) is 30.5 Å². The van der Waals surface area contributed by atoms with Gasteiger partial charge in [0.05, 0.1) is 17.1 Å². The Morgan fingerprint density at radius 3 is 1.66 bits per heavy atom. The molecule has 0 saturated carbocycles. The number of aromatic nitrogens is 2. The number of rotatable bonds is 4. The van der Waals surface area contributed by atoms with Crippen LogP contribution in [0.3, 0.4) is 0 Å². The maximum absolute atomic E-state index is 5.08. The lowest BCUT2D eigenvalue weighted by Gasteiger charge is -2.19. The van der Waals surface area contributed by atoms with Crippen molar-refractivity contribution in [3.8, 4) is 22.6 Å². The lowest BCUT2D eigenvalue weighted by molar-refractivity contribution is 1.25. The summed E-state index contributed by atoms with van der Waals surface area (Å²) in [5, 5.41) is 5.18. The molecule has 2 aliphatic rings. The topological polar surface area (TPSA) is 25.8 Å². The van der Waals surface area contributed by atoms with Crippen LogP contribution < -0.4 is 0 Å². The third kappa shape index (κ3) is 4.03. The first-order valence-electron chi connectivity index (χ1n) is 15.3. The van der Waals surface area contributed by atoms with E-state index in [2.05, 4.69) is 120 Å². The lowest BCUT2D eigenvalue weighted by atomic mass is 9.84. The predicted molar refractivity (Wildman–Crippen MR) is 184 cm³/mol. The van der Waals surface area contributed by atoms with Gasteiger partial charge in [-0.3, -0.25) is 4.98 Å². The van der Waals surface area contributed by atoms with Crippen molar-refractivity contribution < 1.29 is 0 Å². The summed E-state index contributed by atoms with van der Waals surface area (Å²) in [6, 6.07) is 45.7. The highest BCUT2D eigenvalue weighted by molar-refractivity contribution is 6.19. The molecule has 2 aliphatic carbocycles. The van der Waals surface area contributed by atoms with Crippen LogP contribution in [0.5, 0.6) is 0 Å². The Balaban J connectivity index is 1.31. The standard InChI is InChI=1S/C42H28N2/c1-2-11-28-23-32(22-27(28)10-1)41-34-14-5-6-15-35(34)42(33-24-29-12-3-4-13-30(29)25-33)37-26-31(19-20-36(37)41)38-17-9-18-40(44-38)39-16-7-8-21-43-39/h1-22,24,26H,23,25H2. The average molecular weight is 561 g/mol. The summed E-state index contributed by atoms with van der Waals surface area (Å²) in [6.45, 7) is 0. The average Bonchev–Trinajstić information content (AvgIpc) is 3.71. The van der Waals surface area contributed by atoms with Crippen LogP contribution in [0, 0.1) is 0 Å². The van der Waals surface area contributed by atoms with Gasteiger partial charge in [-0.1, -0.05) is 109 Å². The monoisotopic (exact) mass is 560 g/mol. The molecule has 2 heteroatoms. The van der Waals surface area contributed by atoms with Crippen molar-refractivity contribution in [2.45, 2.75) is 12.8 Å². The third-order valence-electron chi connectivity index (χ3n) is 9.17. The molecule has 2 aromatic heterocycles. The Morgan fingerprint density at radius 2 is 1.00 bits per heavy atom. The van der Waals surface area contributed by atoms with Crippen LogP contribution in [0.15, 0.2) is 134 Å². The summed E-state index contributed by atoms with van der Waals surface area (Å²) >= 11 is 0. The quantitative estimate of drug-likeness (QED) is 0.200. The summed E-state index contributed by atoms with van der Waals surface area (Å²) < 4.78 is 0. The molecule has 0 atom stereocenters. The molecule has 0 bridgehead atoms. The zero-order valence-corrected chi connectivity index (χ0v) is 24.2. The first-order chi connectivity index (χ1) is 21.8. The molecule has 0 N–H and O–H groups in total. The van der Waals surface area contributed by atoms with Crippen molar-refractivity contribution in [1.29, 1.82) is 0 Å². The van der Waals surface area contributed by atoms with E-state index in [-0.39, 0.29) is 0 Å². The first-order valence-corrected chi connectivity index (χ1v) is 15.3. The minimum atomic E-state index is 0.880. The molecule has 0 aliphatic heterocycles. The van der Waals surface area contributed by atoms with Gasteiger partial charge in [0.15, 0.2) is 0 Å². The Kier molecular flexibility index (Phi) is 5.67. The molecule has 206 valence electrons. The maximum Gasteiger partial charge on any atom is 0.0893 e. The van der Waals surface area contributed by atoms with Crippen LogP contribution in [0.1, 0.15) is 33.4 Å². The summed E-state index contributed by atoms with van der Waals surface area (Å²) in [4.78, 5) is 9.63. The highest BCUT2D eigenvalue weighted by Gasteiger charge is 2.24. The second-order valence-electron chi connectivity index (χ2n) is 11.8. The number of benzene rings is 5. The van der Waals surface area contributed by atoms with Gasteiger partial charge in [-0.05, 0) is 109 Å². The molecule has 0 amide bonds. The predicted octanol–water partition coefficient (Wildman–Crippen LogP) is 10.3. The summed E-state index contributed by atoms with van der Waals surface area (Å²) in [7, 11) is 0. The van der Waals surface area contributed by atoms with Crippen molar-refractivity contribution in [3.05, 3.63) is 167 Å². The fourth-order valence-electron chi connectivity index (χ4n) is 7.16. The molecular formula is C42H28N2. The summed E-state index contributed by atoms with van der Waals surface area (Å²) in [5.41, 5.74) is 14.7. The van der Waals surface area contributed by atoms with Gasteiger partial charge < -0.3 is 0 Å². The minimum absolute atomic E-state index is 0.880. The van der Waals surface area contributed by atoms with Crippen molar-refractivity contribution in [2.24, 2.45) is 0 Å². The zero-order valence-electron chi connectivity index (χ0n) is 24.2. The summed E-state index contributed by atoms with van der Waals surface area (Å²) in [5.74, 6) is 0. The molecule has 0 radical (unpaired) electrons. The van der Waals surface area contributed by atoms with Gasteiger partial charge >= 0.3 is 0 Å². The Morgan fingerprint density at radius 1 is 0.432 bits per heavy atom. The zero-order chi connectivity index (χ0) is 29.0. The van der Waals surface area contributed by atoms with Crippen LogP contribution in [0.4, 0.5) is 0 Å². The number of hydrogen-bond donors (Lipinski definition) is 0. The van der Waals surface area contributed by atoms with E-state index in [0.717, 1.165) is 35.5 Å². The number of allylic oxidation sites excluding steroid dienone is 2. The molecule has 2 heterocycles. The number of hydrogen-bond acceptors (Lipinski definition) is 2. The van der Waals surface area contributed by atoms with Gasteiger partial charge in [0, 0.05) is 11.8 Å². The Labute approximate surface area is 256 Å². The minimum Gasteiger partial charge on any atom is -0.255 e. The smallest absolute Gasteiger partial charge is 0.0893 e. The van der Waals surface area contributed by atoms with E-state index >= 15 is 0 Å². The van der Waals surface area contributed by atoms with E-state index in [1.165, 1.54) is 66.1 Å². The van der Waals surface area contributed by atoms with Crippen molar-refractivity contribution in [3.63, 3.8) is 0 Å². The molecule has 0 unspecified atom stereocenters. The Hall–Kier alpha value is -5.60. The van der Waals surface area contributed by atoms with Gasteiger partial charge in [-0.2, -0.15) is 0 Å². The molecule has 5 aromatic carbocycles. The molecule has 9 rings (SSSR count). The molecule has 0 spiro atoms. The van der Waals surface area contributed by atoms with Gasteiger partial charge in [0.25, 0.3) is 0 Å². The van der Waals surface area contributed by atoms with Crippen LogP contribution in [0.25, 0.3) is 67.5 Å². The van der Waals surface area contributed by atoms with Gasteiger partial charge in [-0.25, -0.2) is 4.98 Å². The largest absolute Gasteiger partial charge is 0.255 e. The number of pyridine rings is 2. The highest BCUT2D eigenvalue weighted by Crippen LogP contribution is 2.46. The fraction of sp³-hybridized carbons (Fsp3) is 0.0476. The van der Waals surface area contributed by atoms with Crippen LogP contribution >= 0.6 is 0 Å². The highest BCUT2D eigenvalue weighted by atomic mass is 14.8. The molecule has 0 saturated heterocycles.